The molecule has 0 saturated heterocycles. The van der Waals surface area contributed by atoms with E-state index >= 15 is 0 Å². The first-order valence-electron chi connectivity index (χ1n) is 33.2. The van der Waals surface area contributed by atoms with E-state index in [0.717, 1.165) is 200 Å². The molecule has 0 fully saturated rings. The van der Waals surface area contributed by atoms with Crippen LogP contribution >= 0.6 is 0 Å². The molecule has 4 aliphatic rings. The molecule has 16 bridgehead atoms. The number of benzene rings is 9. The van der Waals surface area contributed by atoms with Gasteiger partial charge in [0.15, 0.2) is 0 Å². The predicted octanol–water partition coefficient (Wildman–Crippen LogP) is 23.3. The Labute approximate surface area is 564 Å². The van der Waals surface area contributed by atoms with E-state index in [1.807, 2.05) is 0 Å². The number of rotatable bonds is 8. The Morgan fingerprint density at radius 1 is 0.163 bits per heavy atom. The predicted molar refractivity (Wildman–Crippen MR) is 410 cm³/mol. The summed E-state index contributed by atoms with van der Waals surface area (Å²) in [6.07, 6.45) is 17.3. The molecule has 0 unspecified atom stereocenters. The first-order valence-corrected chi connectivity index (χ1v) is 33.2. The number of aromatic amines is 4. The molecule has 8 heteroatoms. The molecule has 6 aromatic heterocycles. The van der Waals surface area contributed by atoms with Crippen LogP contribution in [0.5, 0.6) is 0 Å². The quantitative estimate of drug-likeness (QED) is 0.113. The van der Waals surface area contributed by atoms with Gasteiger partial charge in [0.05, 0.1) is 45.6 Å². The van der Waals surface area contributed by atoms with Crippen LogP contribution in [0.1, 0.15) is 45.6 Å². The highest BCUT2D eigenvalue weighted by atomic mass is 14.8. The van der Waals surface area contributed by atoms with Crippen LogP contribution in [-0.4, -0.2) is 39.9 Å². The molecular formula is C90H58N8. The van der Waals surface area contributed by atoms with Gasteiger partial charge in [0.1, 0.15) is 0 Å². The van der Waals surface area contributed by atoms with Crippen LogP contribution in [-0.2, 0) is 0 Å². The highest BCUT2D eigenvalue weighted by Crippen LogP contribution is 2.44. The average Bonchev–Trinajstić information content (AvgIpc) is 1.56. The Bertz CT molecular complexity index is 5790. The second-order valence-corrected chi connectivity index (χ2v) is 25.1. The van der Waals surface area contributed by atoms with E-state index < -0.39 is 0 Å². The van der Waals surface area contributed by atoms with Gasteiger partial charge in [-0.2, -0.15) is 0 Å². The Morgan fingerprint density at radius 3 is 0.531 bits per heavy atom. The first-order chi connectivity index (χ1) is 48.5. The average molecular weight is 1250 g/mol. The largest absolute Gasteiger partial charge is 0.354 e. The molecule has 0 atom stereocenters. The maximum Gasteiger partial charge on any atom is 0.0737 e. The topological polar surface area (TPSA) is 115 Å². The van der Waals surface area contributed by atoms with Crippen LogP contribution in [0, 0.1) is 0 Å². The summed E-state index contributed by atoms with van der Waals surface area (Å²) in [5.74, 6) is 0. The molecule has 9 aromatic carbocycles. The standard InChI is InChI=1S/C90H58N8/c1-7-19-57(20-8-1)83-67-37-41-71(91-67)85(59-23-11-3-12-24-59)75-45-49-79(95-75)89(80-50-46-76(96-80)86(60-25-13-4-14-26-60)72-42-38-68(83)92-72)63-35-33-55-31-32-56-34-36-64(54-66(56)65(55)53-63)90-81-51-47-77(97-81)87(61-27-15-5-16-28-61)73-43-39-69(93-73)84(58-21-9-2-10-22-58)70-40-44-74(94-70)88(62-29-17-6-18-30-62)78-48-52-82(90)98-78/h1-54,91,93,96,98H. The fourth-order valence-corrected chi connectivity index (χ4v) is 14.8. The van der Waals surface area contributed by atoms with Crippen molar-refractivity contribution in [2.24, 2.45) is 0 Å². The molecule has 15 aromatic rings. The SMILES string of the molecule is C1=Cc2nc1c(-c1ccccc1)c1ccc([nH]1)c(-c1ccccc1)c1nc(c(-c3ccc4ccc5ccc(-c6c7nc(c(-c8ccccc8)c8ccc([nH]8)c(-c8ccccc8)c8nc(c(-c9ccccc9)c9ccc6[nH]9)C=C8)C=C7)cc5c4c3)c3ccc([nH]3)c2-c2ccccc2)C=C1. The van der Waals surface area contributed by atoms with E-state index in [-0.39, 0.29) is 0 Å². The number of hydrogen-bond donors (Lipinski definition) is 4. The zero-order valence-electron chi connectivity index (χ0n) is 53.0. The molecular weight excluding hydrogens is 1190 g/mol. The lowest BCUT2D eigenvalue weighted by Gasteiger charge is -2.11. The fourth-order valence-electron chi connectivity index (χ4n) is 14.8. The van der Waals surface area contributed by atoms with Crippen molar-refractivity contribution in [1.82, 2.24) is 39.9 Å². The number of aromatic nitrogens is 8. The normalized spacial score (nSPS) is 12.3. The number of nitrogens with zero attached hydrogens (tertiary/aromatic N) is 4. The highest BCUT2D eigenvalue weighted by Gasteiger charge is 2.23. The van der Waals surface area contributed by atoms with Gasteiger partial charge in [-0.05, 0) is 175 Å². The summed E-state index contributed by atoms with van der Waals surface area (Å²) in [5.41, 5.74) is 30.8. The molecule has 4 aliphatic heterocycles. The van der Waals surface area contributed by atoms with E-state index in [1.54, 1.807) is 0 Å². The number of nitrogens with one attached hydrogen (secondary N) is 4. The summed E-state index contributed by atoms with van der Waals surface area (Å²) < 4.78 is 0. The van der Waals surface area contributed by atoms with Gasteiger partial charge in [-0.15, -0.1) is 0 Å². The lowest BCUT2D eigenvalue weighted by Crippen LogP contribution is -1.90. The van der Waals surface area contributed by atoms with Crippen LogP contribution in [0.3, 0.4) is 0 Å². The summed E-state index contributed by atoms with van der Waals surface area (Å²) in [5, 5.41) is 4.44. The van der Waals surface area contributed by atoms with Crippen molar-refractivity contribution in [1.29, 1.82) is 0 Å². The van der Waals surface area contributed by atoms with E-state index in [1.165, 1.54) is 0 Å². The van der Waals surface area contributed by atoms with E-state index in [9.17, 15) is 0 Å². The van der Waals surface area contributed by atoms with E-state index in [0.29, 0.717) is 0 Å². The lowest BCUT2D eigenvalue weighted by atomic mass is 9.94. The van der Waals surface area contributed by atoms with Crippen molar-refractivity contribution >= 4 is 114 Å². The molecule has 10 heterocycles. The second kappa shape index (κ2) is 23.3. The third kappa shape index (κ3) is 9.77. The van der Waals surface area contributed by atoms with Crippen molar-refractivity contribution in [3.05, 3.63) is 325 Å². The summed E-state index contributed by atoms with van der Waals surface area (Å²) in [4.78, 5) is 38.3. The maximum absolute atomic E-state index is 5.69. The Balaban J connectivity index is 0.869. The van der Waals surface area contributed by atoms with Crippen molar-refractivity contribution in [3.8, 4) is 89.0 Å². The summed E-state index contributed by atoms with van der Waals surface area (Å²) in [7, 11) is 0. The van der Waals surface area contributed by atoms with Gasteiger partial charge in [0.25, 0.3) is 0 Å². The van der Waals surface area contributed by atoms with Crippen molar-refractivity contribution in [2.75, 3.05) is 0 Å². The minimum Gasteiger partial charge on any atom is -0.354 e. The smallest absolute Gasteiger partial charge is 0.0737 e. The van der Waals surface area contributed by atoms with Gasteiger partial charge in [-0.25, -0.2) is 19.9 Å². The Hall–Kier alpha value is -13.3. The zero-order valence-corrected chi connectivity index (χ0v) is 53.0. The van der Waals surface area contributed by atoms with Crippen LogP contribution < -0.4 is 0 Å². The third-order valence-corrected chi connectivity index (χ3v) is 19.3. The van der Waals surface area contributed by atoms with Crippen molar-refractivity contribution in [3.63, 3.8) is 0 Å². The maximum atomic E-state index is 5.69. The minimum atomic E-state index is 0.839. The molecule has 19 rings (SSSR count). The van der Waals surface area contributed by atoms with Gasteiger partial charge < -0.3 is 19.9 Å². The molecule has 458 valence electrons. The van der Waals surface area contributed by atoms with Gasteiger partial charge in [0.2, 0.25) is 0 Å². The number of H-pyrrole nitrogens is 4. The highest BCUT2D eigenvalue weighted by molar-refractivity contribution is 6.12. The van der Waals surface area contributed by atoms with Gasteiger partial charge >= 0.3 is 0 Å². The summed E-state index contributed by atoms with van der Waals surface area (Å²) >= 11 is 0. The molecule has 0 aliphatic carbocycles. The van der Waals surface area contributed by atoms with E-state index in [4.69, 9.17) is 19.9 Å². The molecule has 98 heavy (non-hydrogen) atoms. The minimum absolute atomic E-state index is 0.839. The second-order valence-electron chi connectivity index (χ2n) is 25.1. The Kier molecular flexibility index (Phi) is 13.4. The zero-order chi connectivity index (χ0) is 64.6. The van der Waals surface area contributed by atoms with E-state index in [2.05, 4.69) is 348 Å². The Morgan fingerprint density at radius 2 is 0.337 bits per heavy atom. The molecule has 4 N–H and O–H groups in total. The third-order valence-electron chi connectivity index (χ3n) is 19.3. The molecule has 0 saturated carbocycles. The fraction of sp³-hybridized carbons (Fsp3) is 0. The van der Waals surface area contributed by atoms with Crippen molar-refractivity contribution in [2.45, 2.75) is 0 Å². The van der Waals surface area contributed by atoms with Gasteiger partial charge in [-0.1, -0.05) is 218 Å². The van der Waals surface area contributed by atoms with Crippen LogP contribution in [0.2, 0.25) is 0 Å². The van der Waals surface area contributed by atoms with Crippen LogP contribution in [0.25, 0.3) is 203 Å². The van der Waals surface area contributed by atoms with Gasteiger partial charge in [0, 0.05) is 88.6 Å². The summed E-state index contributed by atoms with van der Waals surface area (Å²) in [6.45, 7) is 0. The molecule has 8 nitrogen and oxygen atoms in total. The molecule has 0 radical (unpaired) electrons. The van der Waals surface area contributed by atoms with Crippen molar-refractivity contribution < 1.29 is 0 Å². The van der Waals surface area contributed by atoms with Gasteiger partial charge in [-0.3, -0.25) is 0 Å². The monoisotopic (exact) mass is 1250 g/mol. The van der Waals surface area contributed by atoms with Crippen LogP contribution in [0.15, 0.2) is 279 Å². The lowest BCUT2D eigenvalue weighted by molar-refractivity contribution is 1.31. The number of fused-ring (bicyclic) bond motifs is 19. The summed E-state index contributed by atoms with van der Waals surface area (Å²) in [6, 6.07) is 99.2. The number of hydrogen-bond acceptors (Lipinski definition) is 4. The first kappa shape index (κ1) is 56.3. The van der Waals surface area contributed by atoms with Crippen LogP contribution in [0.4, 0.5) is 0 Å². The molecule has 0 amide bonds. The molecule has 0 spiro atoms.